The van der Waals surface area contributed by atoms with Crippen molar-refractivity contribution in [3.05, 3.63) is 71.8 Å². The maximum absolute atomic E-state index is 10.8. The fourth-order valence-corrected chi connectivity index (χ4v) is 3.13. The first-order valence-corrected chi connectivity index (χ1v) is 9.28. The summed E-state index contributed by atoms with van der Waals surface area (Å²) in [6.45, 7) is 1.54. The second kappa shape index (κ2) is 10.00. The third-order valence-electron chi connectivity index (χ3n) is 4.54. The minimum Gasteiger partial charge on any atom is -0.481 e. The average Bonchev–Trinajstić information content (AvgIpc) is 3.08. The van der Waals surface area contributed by atoms with Crippen LogP contribution >= 0.6 is 0 Å². The number of benzene rings is 2. The lowest BCUT2D eigenvalue weighted by atomic mass is 10.1. The molecule has 0 saturated carbocycles. The van der Waals surface area contributed by atoms with Gasteiger partial charge in [0.1, 0.15) is 12.2 Å². The van der Waals surface area contributed by atoms with Gasteiger partial charge in [0.25, 0.3) is 0 Å². The monoisotopic (exact) mass is 367 g/mol. The molecule has 0 radical (unpaired) electrons. The molecule has 0 aliphatic carbocycles. The van der Waals surface area contributed by atoms with Crippen molar-refractivity contribution in [2.45, 2.75) is 44.7 Å². The summed E-state index contributed by atoms with van der Waals surface area (Å²) in [4.78, 5) is 15.4. The van der Waals surface area contributed by atoms with Crippen LogP contribution in [0.15, 0.2) is 65.7 Å². The molecule has 0 saturated heterocycles. The molecule has 0 bridgehead atoms. The molecule has 0 amide bonds. The summed E-state index contributed by atoms with van der Waals surface area (Å²) in [5, 5.41) is 8.87. The molecule has 2 aromatic rings. The number of aliphatic carboxylic acids is 1. The molecule has 1 N–H and O–H groups in total. The smallest absolute Gasteiger partial charge is 0.303 e. The quantitative estimate of drug-likeness (QED) is 0.692. The van der Waals surface area contributed by atoms with Gasteiger partial charge < -0.3 is 14.6 Å². The van der Waals surface area contributed by atoms with E-state index in [2.05, 4.69) is 4.99 Å². The number of nitrogens with zero attached hydrogens (tertiary/aromatic N) is 1. The van der Waals surface area contributed by atoms with Gasteiger partial charge in [-0.3, -0.25) is 9.79 Å². The van der Waals surface area contributed by atoms with E-state index in [0.717, 1.165) is 16.8 Å². The molecule has 1 aliphatic heterocycles. The summed E-state index contributed by atoms with van der Waals surface area (Å²) in [6.07, 6.45) is 0.943. The number of carbonyl (C=O) groups is 1. The summed E-state index contributed by atoms with van der Waals surface area (Å²) in [6, 6.07) is 20.0. The van der Waals surface area contributed by atoms with Crippen LogP contribution in [-0.4, -0.2) is 35.5 Å². The van der Waals surface area contributed by atoms with Crippen molar-refractivity contribution in [1.29, 1.82) is 0 Å². The first-order chi connectivity index (χ1) is 13.2. The van der Waals surface area contributed by atoms with E-state index in [1.54, 1.807) is 0 Å². The summed E-state index contributed by atoms with van der Waals surface area (Å²) < 4.78 is 12.2. The predicted octanol–water partition coefficient (Wildman–Crippen LogP) is 3.87. The van der Waals surface area contributed by atoms with E-state index >= 15 is 0 Å². The molecule has 0 aromatic heterocycles. The van der Waals surface area contributed by atoms with Crippen LogP contribution in [0.25, 0.3) is 0 Å². The highest BCUT2D eigenvalue weighted by Gasteiger charge is 2.33. The minimum atomic E-state index is -0.785. The molecule has 0 fully saturated rings. The normalized spacial score (nSPS) is 19.0. The zero-order valence-corrected chi connectivity index (χ0v) is 15.3. The maximum Gasteiger partial charge on any atom is 0.303 e. The maximum atomic E-state index is 10.8. The Hall–Kier alpha value is -2.50. The molecule has 1 heterocycles. The van der Waals surface area contributed by atoms with Gasteiger partial charge in [-0.15, -0.1) is 0 Å². The van der Waals surface area contributed by atoms with Crippen molar-refractivity contribution in [3.8, 4) is 0 Å². The second-order valence-electron chi connectivity index (χ2n) is 6.63. The molecule has 3 rings (SSSR count). The number of carboxylic acid groups (broad SMARTS) is 1. The Morgan fingerprint density at radius 2 is 1.56 bits per heavy atom. The van der Waals surface area contributed by atoms with Crippen molar-refractivity contribution in [2.24, 2.45) is 4.99 Å². The Bertz CT molecular complexity index is 745. The molecule has 0 unspecified atom stereocenters. The lowest BCUT2D eigenvalue weighted by molar-refractivity contribution is -0.137. The highest BCUT2D eigenvalue weighted by Crippen LogP contribution is 2.21. The van der Waals surface area contributed by atoms with Crippen molar-refractivity contribution in [3.63, 3.8) is 0 Å². The molecule has 2 atom stereocenters. The third kappa shape index (κ3) is 6.01. The minimum absolute atomic E-state index is 0.139. The Labute approximate surface area is 159 Å². The summed E-state index contributed by atoms with van der Waals surface area (Å²) in [5.41, 5.74) is 3.11. The van der Waals surface area contributed by atoms with Crippen LogP contribution in [-0.2, 0) is 27.5 Å². The van der Waals surface area contributed by atoms with Gasteiger partial charge in [0.15, 0.2) is 0 Å². The zero-order chi connectivity index (χ0) is 18.9. The SMILES string of the molecule is O=C(O)CCCC1=NC[C@@H](OCc2ccccc2)[C@H]1OCc1ccccc1. The van der Waals surface area contributed by atoms with Gasteiger partial charge in [-0.2, -0.15) is 0 Å². The summed E-state index contributed by atoms with van der Waals surface area (Å²) >= 11 is 0. The molecule has 0 spiro atoms. The topological polar surface area (TPSA) is 68.1 Å². The average molecular weight is 367 g/mol. The van der Waals surface area contributed by atoms with Crippen LogP contribution in [0.4, 0.5) is 0 Å². The van der Waals surface area contributed by atoms with E-state index in [4.69, 9.17) is 14.6 Å². The van der Waals surface area contributed by atoms with Crippen molar-refractivity contribution in [1.82, 2.24) is 0 Å². The molecule has 27 heavy (non-hydrogen) atoms. The van der Waals surface area contributed by atoms with Crippen LogP contribution < -0.4 is 0 Å². The lowest BCUT2D eigenvalue weighted by Gasteiger charge is -2.22. The van der Waals surface area contributed by atoms with Crippen LogP contribution in [0.2, 0.25) is 0 Å². The third-order valence-corrected chi connectivity index (χ3v) is 4.54. The van der Waals surface area contributed by atoms with E-state index in [9.17, 15) is 4.79 Å². The Morgan fingerprint density at radius 1 is 0.963 bits per heavy atom. The van der Waals surface area contributed by atoms with Crippen molar-refractivity contribution in [2.75, 3.05) is 6.54 Å². The first kappa shape index (κ1) is 19.3. The van der Waals surface area contributed by atoms with E-state index in [1.807, 2.05) is 60.7 Å². The number of carboxylic acids is 1. The van der Waals surface area contributed by atoms with Gasteiger partial charge in [-0.1, -0.05) is 60.7 Å². The van der Waals surface area contributed by atoms with E-state index in [1.165, 1.54) is 0 Å². The highest BCUT2D eigenvalue weighted by atomic mass is 16.5. The summed E-state index contributed by atoms with van der Waals surface area (Å²) in [5.74, 6) is -0.785. The standard InChI is InChI=1S/C22H25NO4/c24-21(25)13-7-12-19-22(27-16-18-10-5-2-6-11-18)20(14-23-19)26-15-17-8-3-1-4-9-17/h1-6,8-11,20,22H,7,12-16H2,(H,24,25)/t20-,22+/m1/s1. The van der Waals surface area contributed by atoms with Gasteiger partial charge in [-0.05, 0) is 24.0 Å². The zero-order valence-electron chi connectivity index (χ0n) is 15.3. The fraction of sp³-hybridized carbons (Fsp3) is 0.364. The molecule has 2 aromatic carbocycles. The second-order valence-corrected chi connectivity index (χ2v) is 6.63. The van der Waals surface area contributed by atoms with Gasteiger partial charge in [-0.25, -0.2) is 0 Å². The van der Waals surface area contributed by atoms with Gasteiger partial charge in [0, 0.05) is 12.1 Å². The van der Waals surface area contributed by atoms with Gasteiger partial charge >= 0.3 is 5.97 Å². The van der Waals surface area contributed by atoms with E-state index in [-0.39, 0.29) is 18.6 Å². The molecule has 142 valence electrons. The largest absolute Gasteiger partial charge is 0.481 e. The number of hydrogen-bond acceptors (Lipinski definition) is 4. The molecule has 5 heteroatoms. The Kier molecular flexibility index (Phi) is 7.13. The molecule has 1 aliphatic rings. The van der Waals surface area contributed by atoms with Crippen LogP contribution in [0.1, 0.15) is 30.4 Å². The van der Waals surface area contributed by atoms with Crippen molar-refractivity contribution < 1.29 is 19.4 Å². The Morgan fingerprint density at radius 3 is 2.15 bits per heavy atom. The molecule has 5 nitrogen and oxygen atoms in total. The molecular weight excluding hydrogens is 342 g/mol. The van der Waals surface area contributed by atoms with Crippen LogP contribution in [0.5, 0.6) is 0 Å². The highest BCUT2D eigenvalue weighted by molar-refractivity contribution is 5.91. The lowest BCUT2D eigenvalue weighted by Crippen LogP contribution is -2.35. The number of ether oxygens (including phenoxy) is 2. The Balaban J connectivity index is 1.59. The van der Waals surface area contributed by atoms with E-state index in [0.29, 0.717) is 32.6 Å². The van der Waals surface area contributed by atoms with Gasteiger partial charge in [0.2, 0.25) is 0 Å². The fourth-order valence-electron chi connectivity index (χ4n) is 3.13. The summed E-state index contributed by atoms with van der Waals surface area (Å²) in [7, 11) is 0. The van der Waals surface area contributed by atoms with Crippen LogP contribution in [0, 0.1) is 0 Å². The van der Waals surface area contributed by atoms with E-state index < -0.39 is 5.97 Å². The molecular formula is C22H25NO4. The van der Waals surface area contributed by atoms with Crippen molar-refractivity contribution >= 4 is 11.7 Å². The predicted molar refractivity (Wildman–Crippen MR) is 104 cm³/mol. The first-order valence-electron chi connectivity index (χ1n) is 9.28. The van der Waals surface area contributed by atoms with Crippen LogP contribution in [0.3, 0.4) is 0 Å². The number of hydrogen-bond donors (Lipinski definition) is 1. The number of rotatable bonds is 10. The van der Waals surface area contributed by atoms with Gasteiger partial charge in [0.05, 0.1) is 19.8 Å². The number of aliphatic imine (C=N–C) groups is 1.